The summed E-state index contributed by atoms with van der Waals surface area (Å²) in [7, 11) is 1.64. The number of ether oxygens (including phenoxy) is 1. The van der Waals surface area contributed by atoms with Crippen molar-refractivity contribution in [3.8, 4) is 0 Å². The lowest BCUT2D eigenvalue weighted by Crippen LogP contribution is -2.39. The van der Waals surface area contributed by atoms with Crippen LogP contribution in [0.2, 0.25) is 0 Å². The van der Waals surface area contributed by atoms with Crippen LogP contribution < -0.4 is 5.32 Å². The molecule has 0 fully saturated rings. The zero-order valence-corrected chi connectivity index (χ0v) is 12.4. The van der Waals surface area contributed by atoms with E-state index < -0.39 is 11.7 Å². The van der Waals surface area contributed by atoms with Crippen molar-refractivity contribution >= 4 is 12.0 Å². The Balaban J connectivity index is 2.34. The maximum Gasteiger partial charge on any atom is 0.410 e. The summed E-state index contributed by atoms with van der Waals surface area (Å²) in [5, 5.41) is 2.75. The molecule has 0 aromatic heterocycles. The Morgan fingerprint density at radius 2 is 1.90 bits per heavy atom. The van der Waals surface area contributed by atoms with Crippen molar-refractivity contribution < 1.29 is 14.3 Å². The molecule has 0 aliphatic carbocycles. The van der Waals surface area contributed by atoms with Gasteiger partial charge in [0.25, 0.3) is 5.91 Å². The summed E-state index contributed by atoms with van der Waals surface area (Å²) >= 11 is 0. The molecule has 5 nitrogen and oxygen atoms in total. The van der Waals surface area contributed by atoms with Gasteiger partial charge in [0, 0.05) is 25.7 Å². The van der Waals surface area contributed by atoms with E-state index in [-0.39, 0.29) is 5.91 Å². The van der Waals surface area contributed by atoms with Gasteiger partial charge in [0.1, 0.15) is 5.60 Å². The number of carbonyl (C=O) groups is 2. The number of amides is 2. The fraction of sp³-hybridized carbons (Fsp3) is 0.467. The normalized spacial score (nSPS) is 10.8. The molecule has 109 valence electrons. The maximum absolute atomic E-state index is 11.8. The van der Waals surface area contributed by atoms with Crippen LogP contribution in [0.5, 0.6) is 0 Å². The number of benzene rings is 1. The molecule has 1 aromatic carbocycles. The first-order valence-electron chi connectivity index (χ1n) is 6.48. The van der Waals surface area contributed by atoms with Crippen LogP contribution in [0.4, 0.5) is 4.79 Å². The van der Waals surface area contributed by atoms with Crippen LogP contribution >= 0.6 is 0 Å². The summed E-state index contributed by atoms with van der Waals surface area (Å²) < 4.78 is 5.21. The molecular formula is C15H21N2O3. The lowest BCUT2D eigenvalue weighted by atomic mass is 10.2. The molecule has 0 saturated carbocycles. The number of nitrogens with one attached hydrogen (secondary N) is 1. The van der Waals surface area contributed by atoms with E-state index >= 15 is 0 Å². The Hall–Kier alpha value is -2.04. The van der Waals surface area contributed by atoms with Crippen molar-refractivity contribution in [1.29, 1.82) is 0 Å². The molecule has 0 saturated heterocycles. The van der Waals surface area contributed by atoms with E-state index in [0.29, 0.717) is 18.7 Å². The first-order valence-corrected chi connectivity index (χ1v) is 6.48. The van der Waals surface area contributed by atoms with Crippen molar-refractivity contribution in [2.75, 3.05) is 20.1 Å². The Morgan fingerprint density at radius 1 is 1.30 bits per heavy atom. The highest BCUT2D eigenvalue weighted by Crippen LogP contribution is 2.08. The number of likely N-dealkylation sites (N-methyl/N-ethyl adjacent to an activating group) is 1. The molecule has 1 radical (unpaired) electrons. The van der Waals surface area contributed by atoms with Gasteiger partial charge in [0.15, 0.2) is 0 Å². The van der Waals surface area contributed by atoms with Crippen molar-refractivity contribution in [2.45, 2.75) is 26.4 Å². The smallest absolute Gasteiger partial charge is 0.410 e. The van der Waals surface area contributed by atoms with Crippen LogP contribution in [0, 0.1) is 6.07 Å². The van der Waals surface area contributed by atoms with Gasteiger partial charge in [-0.1, -0.05) is 12.1 Å². The SMILES string of the molecule is CN(CCNC(=O)c1cc[c]cc1)C(=O)OC(C)(C)C. The van der Waals surface area contributed by atoms with E-state index in [1.807, 2.05) is 20.8 Å². The van der Waals surface area contributed by atoms with Crippen LogP contribution in [-0.4, -0.2) is 42.6 Å². The van der Waals surface area contributed by atoms with E-state index in [1.54, 1.807) is 31.3 Å². The number of rotatable bonds is 4. The summed E-state index contributed by atoms with van der Waals surface area (Å²) in [5.74, 6) is -0.170. The minimum absolute atomic E-state index is 0.170. The number of nitrogens with zero attached hydrogens (tertiary/aromatic N) is 1. The lowest BCUT2D eigenvalue weighted by molar-refractivity contribution is 0.0299. The minimum atomic E-state index is -0.519. The van der Waals surface area contributed by atoms with Gasteiger partial charge < -0.3 is 15.0 Å². The predicted octanol–water partition coefficient (Wildman–Crippen LogP) is 2.08. The van der Waals surface area contributed by atoms with Gasteiger partial charge in [-0.05, 0) is 39.0 Å². The monoisotopic (exact) mass is 277 g/mol. The fourth-order valence-corrected chi connectivity index (χ4v) is 1.41. The second-order valence-corrected chi connectivity index (χ2v) is 5.45. The predicted molar refractivity (Wildman–Crippen MR) is 76.5 cm³/mol. The van der Waals surface area contributed by atoms with Crippen LogP contribution in [0.15, 0.2) is 24.3 Å². The Bertz CT molecular complexity index is 452. The highest BCUT2D eigenvalue weighted by molar-refractivity contribution is 5.94. The minimum Gasteiger partial charge on any atom is -0.444 e. The van der Waals surface area contributed by atoms with Crippen LogP contribution in [0.3, 0.4) is 0 Å². The summed E-state index contributed by atoms with van der Waals surface area (Å²) in [4.78, 5) is 24.9. The van der Waals surface area contributed by atoms with Crippen molar-refractivity contribution in [1.82, 2.24) is 10.2 Å². The average molecular weight is 277 g/mol. The standard InChI is InChI=1S/C15H21N2O3/c1-15(2,3)20-14(19)17(4)11-10-16-13(18)12-8-6-5-7-9-12/h6-9H,10-11H2,1-4H3,(H,16,18). The third-order valence-corrected chi connectivity index (χ3v) is 2.42. The molecule has 0 aliphatic rings. The maximum atomic E-state index is 11.8. The van der Waals surface area contributed by atoms with Crippen LogP contribution in [0.1, 0.15) is 31.1 Å². The molecule has 0 aliphatic heterocycles. The average Bonchev–Trinajstić information content (AvgIpc) is 2.37. The summed E-state index contributed by atoms with van der Waals surface area (Å²) in [6.07, 6.45) is -0.402. The number of hydrogen-bond donors (Lipinski definition) is 1. The Kier molecular flexibility index (Phi) is 5.55. The zero-order valence-electron chi connectivity index (χ0n) is 12.4. The summed E-state index contributed by atoms with van der Waals surface area (Å²) in [6.45, 7) is 6.19. The first kappa shape index (κ1) is 16.0. The van der Waals surface area contributed by atoms with Crippen LogP contribution in [0.25, 0.3) is 0 Å². The number of hydrogen-bond acceptors (Lipinski definition) is 3. The van der Waals surface area contributed by atoms with Gasteiger partial charge in [0.05, 0.1) is 0 Å². The molecule has 5 heteroatoms. The number of carbonyl (C=O) groups excluding carboxylic acids is 2. The molecule has 2 amide bonds. The third kappa shape index (κ3) is 5.73. The molecule has 0 atom stereocenters. The molecular weight excluding hydrogens is 256 g/mol. The van der Waals surface area contributed by atoms with E-state index in [4.69, 9.17) is 4.74 Å². The zero-order chi connectivity index (χ0) is 15.2. The summed E-state index contributed by atoms with van der Waals surface area (Å²) in [5.41, 5.74) is 0.0541. The third-order valence-electron chi connectivity index (χ3n) is 2.42. The Labute approximate surface area is 119 Å². The summed E-state index contributed by atoms with van der Waals surface area (Å²) in [6, 6.07) is 9.59. The molecule has 20 heavy (non-hydrogen) atoms. The van der Waals surface area contributed by atoms with Crippen LogP contribution in [-0.2, 0) is 4.74 Å². The lowest BCUT2D eigenvalue weighted by Gasteiger charge is -2.24. The topological polar surface area (TPSA) is 58.6 Å². The fourth-order valence-electron chi connectivity index (χ4n) is 1.41. The second kappa shape index (κ2) is 6.93. The molecule has 1 N–H and O–H groups in total. The van der Waals surface area contributed by atoms with E-state index in [1.165, 1.54) is 4.90 Å². The van der Waals surface area contributed by atoms with Gasteiger partial charge in [-0.15, -0.1) is 0 Å². The molecule has 0 spiro atoms. The molecule has 1 rings (SSSR count). The van der Waals surface area contributed by atoms with E-state index in [9.17, 15) is 9.59 Å². The second-order valence-electron chi connectivity index (χ2n) is 5.45. The Morgan fingerprint density at radius 3 is 2.45 bits per heavy atom. The van der Waals surface area contributed by atoms with Crippen molar-refractivity contribution in [3.63, 3.8) is 0 Å². The molecule has 0 heterocycles. The highest BCUT2D eigenvalue weighted by atomic mass is 16.6. The highest BCUT2D eigenvalue weighted by Gasteiger charge is 2.19. The first-order chi connectivity index (χ1) is 9.29. The largest absolute Gasteiger partial charge is 0.444 e. The van der Waals surface area contributed by atoms with E-state index in [2.05, 4.69) is 11.4 Å². The van der Waals surface area contributed by atoms with Crippen molar-refractivity contribution in [3.05, 3.63) is 35.9 Å². The van der Waals surface area contributed by atoms with E-state index in [0.717, 1.165) is 0 Å². The van der Waals surface area contributed by atoms with Gasteiger partial charge in [-0.25, -0.2) is 4.79 Å². The van der Waals surface area contributed by atoms with Crippen molar-refractivity contribution in [2.24, 2.45) is 0 Å². The van der Waals surface area contributed by atoms with Gasteiger partial charge >= 0.3 is 6.09 Å². The van der Waals surface area contributed by atoms with Gasteiger partial charge in [0.2, 0.25) is 0 Å². The molecule has 1 aromatic rings. The molecule has 0 unspecified atom stereocenters. The van der Waals surface area contributed by atoms with Gasteiger partial charge in [-0.3, -0.25) is 4.79 Å². The van der Waals surface area contributed by atoms with Gasteiger partial charge in [-0.2, -0.15) is 0 Å². The molecule has 0 bridgehead atoms. The quantitative estimate of drug-likeness (QED) is 0.916.